The first-order chi connectivity index (χ1) is 12.9. The van der Waals surface area contributed by atoms with Gasteiger partial charge in [-0.2, -0.15) is 0 Å². The third kappa shape index (κ3) is 4.06. The van der Waals surface area contributed by atoms with E-state index in [1.165, 1.54) is 11.8 Å². The zero-order valence-electron chi connectivity index (χ0n) is 15.9. The minimum atomic E-state index is -0.400. The van der Waals surface area contributed by atoms with E-state index in [1.54, 1.807) is 10.6 Å². The molecule has 3 rings (SSSR count). The van der Waals surface area contributed by atoms with Crippen molar-refractivity contribution in [3.63, 3.8) is 0 Å². The SMILES string of the molecule is Cc1ccccc1NC(=O)C(C)Sc1nc2ccccc2c(=O)n1C(C)C. The highest BCUT2D eigenvalue weighted by atomic mass is 32.2. The Morgan fingerprint density at radius 2 is 1.74 bits per heavy atom. The normalized spacial score (nSPS) is 12.3. The number of carbonyl (C=O) groups is 1. The Morgan fingerprint density at radius 1 is 1.07 bits per heavy atom. The van der Waals surface area contributed by atoms with Crippen LogP contribution in [0.5, 0.6) is 0 Å². The number of thioether (sulfide) groups is 1. The van der Waals surface area contributed by atoms with Crippen LogP contribution in [0.1, 0.15) is 32.4 Å². The van der Waals surface area contributed by atoms with E-state index in [0.29, 0.717) is 16.1 Å². The summed E-state index contributed by atoms with van der Waals surface area (Å²) in [5, 5.41) is 3.70. The molecule has 27 heavy (non-hydrogen) atoms. The first-order valence-electron chi connectivity index (χ1n) is 8.93. The number of nitrogens with one attached hydrogen (secondary N) is 1. The molecule has 1 aromatic heterocycles. The van der Waals surface area contributed by atoms with Crippen molar-refractivity contribution >= 4 is 34.3 Å². The van der Waals surface area contributed by atoms with Crippen LogP contribution in [0.4, 0.5) is 5.69 Å². The lowest BCUT2D eigenvalue weighted by Gasteiger charge is -2.19. The molecule has 0 aliphatic heterocycles. The molecule has 0 radical (unpaired) electrons. The van der Waals surface area contributed by atoms with Gasteiger partial charge in [-0.25, -0.2) is 4.98 Å². The van der Waals surface area contributed by atoms with Gasteiger partial charge in [0.25, 0.3) is 5.56 Å². The van der Waals surface area contributed by atoms with Crippen LogP contribution in [0.15, 0.2) is 58.5 Å². The van der Waals surface area contributed by atoms with Gasteiger partial charge >= 0.3 is 0 Å². The van der Waals surface area contributed by atoms with E-state index in [0.717, 1.165) is 11.3 Å². The predicted octanol–water partition coefficient (Wildman–Crippen LogP) is 4.41. The first kappa shape index (κ1) is 19.2. The van der Waals surface area contributed by atoms with Crippen molar-refractivity contribution in [3.8, 4) is 0 Å². The molecule has 1 atom stereocenters. The van der Waals surface area contributed by atoms with Crippen LogP contribution in [0.25, 0.3) is 10.9 Å². The smallest absolute Gasteiger partial charge is 0.262 e. The van der Waals surface area contributed by atoms with Gasteiger partial charge in [0.05, 0.1) is 16.2 Å². The van der Waals surface area contributed by atoms with Gasteiger partial charge < -0.3 is 5.32 Å². The molecule has 2 aromatic carbocycles. The summed E-state index contributed by atoms with van der Waals surface area (Å²) in [6.07, 6.45) is 0. The molecule has 0 saturated carbocycles. The van der Waals surface area contributed by atoms with Crippen LogP contribution in [-0.4, -0.2) is 20.7 Å². The van der Waals surface area contributed by atoms with Crippen molar-refractivity contribution in [2.45, 2.75) is 44.1 Å². The maximum absolute atomic E-state index is 12.9. The second kappa shape index (κ2) is 7.96. The fourth-order valence-electron chi connectivity index (χ4n) is 2.82. The Bertz CT molecular complexity index is 1040. The van der Waals surface area contributed by atoms with E-state index in [1.807, 2.05) is 70.2 Å². The Labute approximate surface area is 162 Å². The average Bonchev–Trinajstić information content (AvgIpc) is 2.63. The summed E-state index contributed by atoms with van der Waals surface area (Å²) in [6, 6.07) is 14.9. The molecule has 1 N–H and O–H groups in total. The summed E-state index contributed by atoms with van der Waals surface area (Å²) in [7, 11) is 0. The molecule has 0 fully saturated rings. The van der Waals surface area contributed by atoms with Gasteiger partial charge in [-0.05, 0) is 51.5 Å². The van der Waals surface area contributed by atoms with Gasteiger partial charge in [-0.1, -0.05) is 42.1 Å². The van der Waals surface area contributed by atoms with Crippen molar-refractivity contribution < 1.29 is 4.79 Å². The van der Waals surface area contributed by atoms with Crippen molar-refractivity contribution in [2.75, 3.05) is 5.32 Å². The number of anilines is 1. The van der Waals surface area contributed by atoms with Crippen molar-refractivity contribution in [1.29, 1.82) is 0 Å². The monoisotopic (exact) mass is 381 g/mol. The summed E-state index contributed by atoms with van der Waals surface area (Å²) in [6.45, 7) is 7.67. The lowest BCUT2D eigenvalue weighted by molar-refractivity contribution is -0.115. The Balaban J connectivity index is 1.91. The van der Waals surface area contributed by atoms with Gasteiger partial charge in [-0.3, -0.25) is 14.2 Å². The number of para-hydroxylation sites is 2. The molecule has 0 saturated heterocycles. The number of carbonyl (C=O) groups excluding carboxylic acids is 1. The van der Waals surface area contributed by atoms with Crippen LogP contribution in [-0.2, 0) is 4.79 Å². The van der Waals surface area contributed by atoms with Gasteiger partial charge in [0.2, 0.25) is 5.91 Å². The van der Waals surface area contributed by atoms with Gasteiger partial charge in [0, 0.05) is 11.7 Å². The van der Waals surface area contributed by atoms with Crippen LogP contribution in [0, 0.1) is 6.92 Å². The molecule has 0 aliphatic carbocycles. The molecule has 3 aromatic rings. The third-order valence-electron chi connectivity index (χ3n) is 4.35. The molecule has 0 aliphatic rings. The zero-order chi connectivity index (χ0) is 19.6. The van der Waals surface area contributed by atoms with Crippen LogP contribution in [0.3, 0.4) is 0 Å². The lowest BCUT2D eigenvalue weighted by atomic mass is 10.2. The predicted molar refractivity (Wildman–Crippen MR) is 112 cm³/mol. The number of rotatable bonds is 5. The van der Waals surface area contributed by atoms with Crippen LogP contribution < -0.4 is 10.9 Å². The molecule has 1 heterocycles. The Hall–Kier alpha value is -2.60. The second-order valence-corrected chi connectivity index (χ2v) is 8.05. The number of nitrogens with zero attached hydrogens (tertiary/aromatic N) is 2. The fraction of sp³-hybridized carbons (Fsp3) is 0.286. The number of fused-ring (bicyclic) bond motifs is 1. The standard InChI is InChI=1S/C21H23N3O2S/c1-13(2)24-20(26)16-10-6-8-12-18(16)23-21(24)27-15(4)19(25)22-17-11-7-5-9-14(17)3/h5-13,15H,1-4H3,(H,22,25). The highest BCUT2D eigenvalue weighted by molar-refractivity contribution is 8.00. The maximum atomic E-state index is 12.9. The van der Waals surface area contributed by atoms with Gasteiger partial charge in [-0.15, -0.1) is 0 Å². The maximum Gasteiger partial charge on any atom is 0.262 e. The third-order valence-corrected chi connectivity index (χ3v) is 5.41. The Kier molecular flexibility index (Phi) is 5.65. The summed E-state index contributed by atoms with van der Waals surface area (Å²) in [5.74, 6) is -0.119. The summed E-state index contributed by atoms with van der Waals surface area (Å²) in [4.78, 5) is 30.2. The van der Waals surface area contributed by atoms with Gasteiger partial charge in [0.1, 0.15) is 0 Å². The number of amides is 1. The quantitative estimate of drug-likeness (QED) is 0.525. The van der Waals surface area contributed by atoms with E-state index < -0.39 is 5.25 Å². The van der Waals surface area contributed by atoms with Crippen molar-refractivity contribution in [3.05, 3.63) is 64.4 Å². The summed E-state index contributed by atoms with van der Waals surface area (Å²) >= 11 is 1.30. The van der Waals surface area contributed by atoms with Crippen molar-refractivity contribution in [2.24, 2.45) is 0 Å². The highest BCUT2D eigenvalue weighted by Gasteiger charge is 2.21. The molecule has 0 bridgehead atoms. The zero-order valence-corrected chi connectivity index (χ0v) is 16.7. The molecule has 0 spiro atoms. The van der Waals surface area contributed by atoms with Crippen LogP contribution in [0.2, 0.25) is 0 Å². The number of hydrogen-bond donors (Lipinski definition) is 1. The number of aromatic nitrogens is 2. The number of benzene rings is 2. The number of aryl methyl sites for hydroxylation is 1. The van der Waals surface area contributed by atoms with E-state index in [2.05, 4.69) is 10.3 Å². The molecular formula is C21H23N3O2S. The number of hydrogen-bond acceptors (Lipinski definition) is 4. The largest absolute Gasteiger partial charge is 0.325 e. The molecule has 6 heteroatoms. The molecule has 5 nitrogen and oxygen atoms in total. The highest BCUT2D eigenvalue weighted by Crippen LogP contribution is 2.26. The van der Waals surface area contributed by atoms with E-state index in [-0.39, 0.29) is 17.5 Å². The van der Waals surface area contributed by atoms with Gasteiger partial charge in [0.15, 0.2) is 5.16 Å². The minimum absolute atomic E-state index is 0.0521. The topological polar surface area (TPSA) is 64.0 Å². The molecular weight excluding hydrogens is 358 g/mol. The second-order valence-electron chi connectivity index (χ2n) is 6.74. The van der Waals surface area contributed by atoms with Crippen LogP contribution >= 0.6 is 11.8 Å². The average molecular weight is 382 g/mol. The van der Waals surface area contributed by atoms with E-state index >= 15 is 0 Å². The minimum Gasteiger partial charge on any atom is -0.325 e. The van der Waals surface area contributed by atoms with Crippen molar-refractivity contribution in [1.82, 2.24) is 9.55 Å². The Morgan fingerprint density at radius 3 is 2.44 bits per heavy atom. The summed E-state index contributed by atoms with van der Waals surface area (Å²) in [5.41, 5.74) is 2.37. The first-order valence-corrected chi connectivity index (χ1v) is 9.81. The van der Waals surface area contributed by atoms with E-state index in [9.17, 15) is 9.59 Å². The fourth-order valence-corrected chi connectivity index (χ4v) is 3.86. The molecule has 1 unspecified atom stereocenters. The molecule has 1 amide bonds. The lowest BCUT2D eigenvalue weighted by Crippen LogP contribution is -2.28. The van der Waals surface area contributed by atoms with E-state index in [4.69, 9.17) is 0 Å². The molecule has 140 valence electrons. The summed E-state index contributed by atoms with van der Waals surface area (Å²) < 4.78 is 1.66.